The van der Waals surface area contributed by atoms with Crippen molar-refractivity contribution in [3.05, 3.63) is 29.8 Å². The molecular weight excluding hydrogens is 391 g/mol. The maximum atomic E-state index is 12.3. The summed E-state index contributed by atoms with van der Waals surface area (Å²) in [7, 11) is -4.10. The van der Waals surface area contributed by atoms with E-state index in [0.717, 1.165) is 5.56 Å². The number of rotatable bonds is 4. The molecule has 4 amide bonds. The Bertz CT molecular complexity index is 688. The molecule has 0 radical (unpaired) electrons. The molecule has 0 fully saturated rings. The summed E-state index contributed by atoms with van der Waals surface area (Å²) in [6.07, 6.45) is -1.65. The standard InChI is InChI=1S/C11H13Cl3N4O4S/c1-6-2-4-7(5-3-6)23(21,22)18-8(11(12,13)14)16-10(20)17-9(15)19/h2-5,8,18H,1H3,(H4,15,16,17,19,20). The van der Waals surface area contributed by atoms with Crippen LogP contribution in [0.3, 0.4) is 0 Å². The molecule has 0 bridgehead atoms. The van der Waals surface area contributed by atoms with E-state index in [9.17, 15) is 18.0 Å². The summed E-state index contributed by atoms with van der Waals surface area (Å²) in [6.45, 7) is 1.78. The van der Waals surface area contributed by atoms with E-state index < -0.39 is 32.0 Å². The number of carbonyl (C=O) groups excluding carboxylic acids is 2. The molecule has 128 valence electrons. The number of sulfonamides is 1. The van der Waals surface area contributed by atoms with E-state index in [4.69, 9.17) is 40.5 Å². The summed E-state index contributed by atoms with van der Waals surface area (Å²) in [5.74, 6) is 0. The van der Waals surface area contributed by atoms with E-state index in [-0.39, 0.29) is 4.90 Å². The highest BCUT2D eigenvalue weighted by Crippen LogP contribution is 2.30. The van der Waals surface area contributed by atoms with E-state index in [0.29, 0.717) is 0 Å². The number of alkyl halides is 3. The van der Waals surface area contributed by atoms with Gasteiger partial charge in [-0.1, -0.05) is 52.5 Å². The maximum absolute atomic E-state index is 12.3. The van der Waals surface area contributed by atoms with Gasteiger partial charge in [0.15, 0.2) is 0 Å². The SMILES string of the molecule is Cc1ccc(S(=O)(=O)NC(NC(=O)NC(N)=O)C(Cl)(Cl)Cl)cc1. The second-order valence-electron chi connectivity index (χ2n) is 4.37. The second-order valence-corrected chi connectivity index (χ2v) is 8.45. The lowest BCUT2D eigenvalue weighted by molar-refractivity contribution is 0.228. The largest absolute Gasteiger partial charge is 0.351 e. The zero-order valence-corrected chi connectivity index (χ0v) is 14.7. The summed E-state index contributed by atoms with van der Waals surface area (Å²) in [5, 5.41) is 3.64. The summed E-state index contributed by atoms with van der Waals surface area (Å²) in [4.78, 5) is 21.9. The molecule has 0 spiro atoms. The highest BCUT2D eigenvalue weighted by molar-refractivity contribution is 7.89. The molecule has 23 heavy (non-hydrogen) atoms. The average molecular weight is 404 g/mol. The average Bonchev–Trinajstić information content (AvgIpc) is 2.36. The smallest absolute Gasteiger partial charge is 0.324 e. The summed E-state index contributed by atoms with van der Waals surface area (Å²) in [5.41, 5.74) is 5.61. The van der Waals surface area contributed by atoms with Gasteiger partial charge in [0, 0.05) is 0 Å². The molecule has 0 aliphatic heterocycles. The Morgan fingerprint density at radius 3 is 2.13 bits per heavy atom. The van der Waals surface area contributed by atoms with Crippen LogP contribution in [0.5, 0.6) is 0 Å². The van der Waals surface area contributed by atoms with Crippen LogP contribution in [0, 0.1) is 6.92 Å². The molecule has 1 unspecified atom stereocenters. The number of hydrogen-bond donors (Lipinski definition) is 4. The molecule has 0 saturated heterocycles. The van der Waals surface area contributed by atoms with Gasteiger partial charge < -0.3 is 11.1 Å². The third kappa shape index (κ3) is 6.40. The van der Waals surface area contributed by atoms with Crippen molar-refractivity contribution >= 4 is 56.9 Å². The highest BCUT2D eigenvalue weighted by atomic mass is 35.6. The Morgan fingerprint density at radius 2 is 1.70 bits per heavy atom. The van der Waals surface area contributed by atoms with Crippen LogP contribution in [0.4, 0.5) is 9.59 Å². The normalized spacial score (nSPS) is 13.2. The first-order valence-electron chi connectivity index (χ1n) is 5.94. The van der Waals surface area contributed by atoms with Gasteiger partial charge >= 0.3 is 12.1 Å². The number of benzene rings is 1. The van der Waals surface area contributed by atoms with Crippen molar-refractivity contribution in [2.45, 2.75) is 21.8 Å². The van der Waals surface area contributed by atoms with Crippen LogP contribution in [-0.4, -0.2) is 30.4 Å². The van der Waals surface area contributed by atoms with E-state index in [2.05, 4.69) is 0 Å². The lowest BCUT2D eigenvalue weighted by Crippen LogP contribution is -2.58. The van der Waals surface area contributed by atoms with Gasteiger partial charge in [0.1, 0.15) is 6.17 Å². The fourth-order valence-corrected chi connectivity index (χ4v) is 3.10. The number of carbonyl (C=O) groups is 2. The van der Waals surface area contributed by atoms with Crippen molar-refractivity contribution < 1.29 is 18.0 Å². The van der Waals surface area contributed by atoms with Crippen molar-refractivity contribution in [2.75, 3.05) is 0 Å². The van der Waals surface area contributed by atoms with Gasteiger partial charge in [-0.05, 0) is 19.1 Å². The summed E-state index contributed by atoms with van der Waals surface area (Å²) in [6, 6.07) is 3.54. The molecule has 12 heteroatoms. The van der Waals surface area contributed by atoms with E-state index in [1.54, 1.807) is 24.4 Å². The van der Waals surface area contributed by atoms with Crippen molar-refractivity contribution in [1.29, 1.82) is 0 Å². The fourth-order valence-electron chi connectivity index (χ4n) is 1.40. The Hall–Kier alpha value is -1.26. The molecule has 0 saturated carbocycles. The van der Waals surface area contributed by atoms with Gasteiger partial charge in [-0.3, -0.25) is 5.32 Å². The van der Waals surface area contributed by atoms with Crippen LogP contribution in [0.2, 0.25) is 0 Å². The lowest BCUT2D eigenvalue weighted by atomic mass is 10.2. The summed E-state index contributed by atoms with van der Waals surface area (Å²) >= 11 is 16.9. The molecule has 0 aliphatic rings. The highest BCUT2D eigenvalue weighted by Gasteiger charge is 2.37. The predicted molar refractivity (Wildman–Crippen MR) is 86.8 cm³/mol. The molecule has 0 aliphatic carbocycles. The van der Waals surface area contributed by atoms with E-state index >= 15 is 0 Å². The molecule has 0 aromatic heterocycles. The first-order chi connectivity index (χ1) is 10.4. The van der Waals surface area contributed by atoms with Crippen LogP contribution in [0.25, 0.3) is 0 Å². The van der Waals surface area contributed by atoms with Gasteiger partial charge in [-0.15, -0.1) is 0 Å². The maximum Gasteiger partial charge on any atom is 0.324 e. The molecule has 1 rings (SSSR count). The van der Waals surface area contributed by atoms with Crippen molar-refractivity contribution in [3.63, 3.8) is 0 Å². The number of amides is 4. The molecule has 8 nitrogen and oxygen atoms in total. The Labute approximate surface area is 147 Å². The van der Waals surface area contributed by atoms with Crippen molar-refractivity contribution in [1.82, 2.24) is 15.4 Å². The van der Waals surface area contributed by atoms with Gasteiger partial charge in [0.25, 0.3) is 0 Å². The molecule has 0 heterocycles. The first-order valence-corrected chi connectivity index (χ1v) is 8.56. The molecule has 1 atom stereocenters. The van der Waals surface area contributed by atoms with Crippen LogP contribution in [0.1, 0.15) is 5.56 Å². The van der Waals surface area contributed by atoms with Gasteiger partial charge in [-0.25, -0.2) is 18.0 Å². The van der Waals surface area contributed by atoms with Crippen LogP contribution >= 0.6 is 34.8 Å². The Morgan fingerprint density at radius 1 is 1.17 bits per heavy atom. The number of primary amides is 1. The number of urea groups is 2. The van der Waals surface area contributed by atoms with Crippen molar-refractivity contribution in [3.8, 4) is 0 Å². The first kappa shape index (κ1) is 19.8. The monoisotopic (exact) mass is 402 g/mol. The molecule has 5 N–H and O–H groups in total. The minimum atomic E-state index is -4.10. The van der Waals surface area contributed by atoms with E-state index in [1.165, 1.54) is 12.1 Å². The predicted octanol–water partition coefficient (Wildman–Crippen LogP) is 1.35. The van der Waals surface area contributed by atoms with Crippen LogP contribution < -0.4 is 21.1 Å². The Balaban J connectivity index is 2.99. The quantitative estimate of drug-likeness (QED) is 0.446. The van der Waals surface area contributed by atoms with Crippen molar-refractivity contribution in [2.24, 2.45) is 5.73 Å². The number of hydrogen-bond acceptors (Lipinski definition) is 4. The number of nitrogens with one attached hydrogen (secondary N) is 3. The number of imide groups is 1. The fraction of sp³-hybridized carbons (Fsp3) is 0.273. The third-order valence-electron chi connectivity index (χ3n) is 2.44. The van der Waals surface area contributed by atoms with Crippen LogP contribution in [0.15, 0.2) is 29.2 Å². The number of aryl methyl sites for hydroxylation is 1. The number of nitrogens with two attached hydrogens (primary N) is 1. The van der Waals surface area contributed by atoms with Gasteiger partial charge in [0.2, 0.25) is 13.8 Å². The minimum Gasteiger partial charge on any atom is -0.351 e. The van der Waals surface area contributed by atoms with E-state index in [1.807, 2.05) is 10.0 Å². The molecular formula is C11H13Cl3N4O4S. The molecule has 1 aromatic rings. The topological polar surface area (TPSA) is 130 Å². The summed E-state index contributed by atoms with van der Waals surface area (Å²) < 4.78 is 24.3. The zero-order chi connectivity index (χ0) is 17.8. The molecule has 1 aromatic carbocycles. The van der Waals surface area contributed by atoms with Crippen LogP contribution in [-0.2, 0) is 10.0 Å². The number of halogens is 3. The lowest BCUT2D eigenvalue weighted by Gasteiger charge is -2.26. The van der Waals surface area contributed by atoms with Gasteiger partial charge in [-0.2, -0.15) is 4.72 Å². The third-order valence-corrected chi connectivity index (χ3v) is 4.54. The minimum absolute atomic E-state index is 0.0977. The van der Waals surface area contributed by atoms with Gasteiger partial charge in [0.05, 0.1) is 4.90 Å². The Kier molecular flexibility index (Phi) is 6.49. The second kappa shape index (κ2) is 7.54. The zero-order valence-electron chi connectivity index (χ0n) is 11.6.